The second kappa shape index (κ2) is 10.6. The molecule has 0 radical (unpaired) electrons. The predicted octanol–water partition coefficient (Wildman–Crippen LogP) is 0.625. The van der Waals surface area contributed by atoms with E-state index in [1.807, 2.05) is 6.07 Å². The SMILES string of the molecule is O=C(N[C@@H]1CC[C@H](CCNS(=O)(=O)Cc2ccccc2)O[C@H]1CO)c1cnccn1. The highest BCUT2D eigenvalue weighted by Crippen LogP contribution is 2.22. The Labute approximate surface area is 176 Å². The molecule has 0 unspecified atom stereocenters. The molecule has 1 saturated heterocycles. The Morgan fingerprint density at radius 3 is 2.70 bits per heavy atom. The number of rotatable bonds is 9. The third-order valence-electron chi connectivity index (χ3n) is 4.90. The molecule has 1 aliphatic rings. The molecule has 1 amide bonds. The van der Waals surface area contributed by atoms with Crippen LogP contribution in [0, 0.1) is 0 Å². The van der Waals surface area contributed by atoms with Gasteiger partial charge in [-0.15, -0.1) is 0 Å². The van der Waals surface area contributed by atoms with Crippen molar-refractivity contribution in [3.8, 4) is 0 Å². The van der Waals surface area contributed by atoms with Gasteiger partial charge in [-0.25, -0.2) is 18.1 Å². The second-order valence-corrected chi connectivity index (χ2v) is 8.96. The number of aliphatic hydroxyl groups is 1. The van der Waals surface area contributed by atoms with Gasteiger partial charge >= 0.3 is 0 Å². The Morgan fingerprint density at radius 1 is 1.20 bits per heavy atom. The molecule has 162 valence electrons. The molecule has 3 atom stereocenters. The normalized spacial score (nSPS) is 21.8. The van der Waals surface area contributed by atoms with Crippen LogP contribution in [-0.4, -0.2) is 60.8 Å². The van der Waals surface area contributed by atoms with Gasteiger partial charge in [-0.1, -0.05) is 30.3 Å². The van der Waals surface area contributed by atoms with E-state index in [2.05, 4.69) is 20.0 Å². The molecule has 2 heterocycles. The van der Waals surface area contributed by atoms with Crippen LogP contribution in [0.5, 0.6) is 0 Å². The van der Waals surface area contributed by atoms with Crippen molar-refractivity contribution in [2.75, 3.05) is 13.2 Å². The first-order chi connectivity index (χ1) is 14.5. The van der Waals surface area contributed by atoms with Gasteiger partial charge in [0.25, 0.3) is 5.91 Å². The number of sulfonamides is 1. The monoisotopic (exact) mass is 434 g/mol. The lowest BCUT2D eigenvalue weighted by Gasteiger charge is -2.36. The smallest absolute Gasteiger partial charge is 0.271 e. The Morgan fingerprint density at radius 2 is 2.00 bits per heavy atom. The summed E-state index contributed by atoms with van der Waals surface area (Å²) < 4.78 is 32.9. The highest BCUT2D eigenvalue weighted by molar-refractivity contribution is 7.88. The molecule has 30 heavy (non-hydrogen) atoms. The predicted molar refractivity (Wildman–Crippen MR) is 110 cm³/mol. The van der Waals surface area contributed by atoms with Crippen LogP contribution in [-0.2, 0) is 20.5 Å². The first kappa shape index (κ1) is 22.3. The Hall–Kier alpha value is -2.40. The number of aromatic nitrogens is 2. The third-order valence-corrected chi connectivity index (χ3v) is 6.25. The van der Waals surface area contributed by atoms with Crippen LogP contribution in [0.1, 0.15) is 35.3 Å². The number of carbonyl (C=O) groups excluding carboxylic acids is 1. The third kappa shape index (κ3) is 6.56. The van der Waals surface area contributed by atoms with E-state index in [1.165, 1.54) is 18.6 Å². The van der Waals surface area contributed by atoms with Gasteiger partial charge in [0.05, 0.1) is 30.7 Å². The summed E-state index contributed by atoms with van der Waals surface area (Å²) in [6.45, 7) is -0.00371. The molecule has 10 heteroatoms. The lowest BCUT2D eigenvalue weighted by Crippen LogP contribution is -2.51. The molecular weight excluding hydrogens is 408 g/mol. The highest BCUT2D eigenvalue weighted by Gasteiger charge is 2.32. The first-order valence-electron chi connectivity index (χ1n) is 9.81. The van der Waals surface area contributed by atoms with Crippen LogP contribution in [0.15, 0.2) is 48.9 Å². The molecule has 1 fully saturated rings. The number of nitrogens with zero attached hydrogens (tertiary/aromatic N) is 2. The van der Waals surface area contributed by atoms with Crippen molar-refractivity contribution in [1.29, 1.82) is 0 Å². The maximum absolute atomic E-state index is 12.3. The molecule has 1 aromatic carbocycles. The van der Waals surface area contributed by atoms with E-state index in [0.717, 1.165) is 5.56 Å². The van der Waals surface area contributed by atoms with Crippen molar-refractivity contribution >= 4 is 15.9 Å². The van der Waals surface area contributed by atoms with Crippen LogP contribution < -0.4 is 10.0 Å². The van der Waals surface area contributed by atoms with Gasteiger partial charge < -0.3 is 15.2 Å². The lowest BCUT2D eigenvalue weighted by molar-refractivity contribution is -0.0891. The van der Waals surface area contributed by atoms with Crippen molar-refractivity contribution in [1.82, 2.24) is 20.0 Å². The minimum Gasteiger partial charge on any atom is -0.394 e. The fraction of sp³-hybridized carbons (Fsp3) is 0.450. The first-order valence-corrected chi connectivity index (χ1v) is 11.5. The Kier molecular flexibility index (Phi) is 7.86. The zero-order valence-electron chi connectivity index (χ0n) is 16.5. The van der Waals surface area contributed by atoms with E-state index in [0.29, 0.717) is 19.3 Å². The molecule has 3 N–H and O–H groups in total. The summed E-state index contributed by atoms with van der Waals surface area (Å²) in [5.74, 6) is -0.447. The van der Waals surface area contributed by atoms with Gasteiger partial charge in [-0.3, -0.25) is 9.78 Å². The van der Waals surface area contributed by atoms with Crippen molar-refractivity contribution in [3.63, 3.8) is 0 Å². The topological polar surface area (TPSA) is 131 Å². The number of nitrogens with one attached hydrogen (secondary N) is 2. The molecule has 1 aromatic heterocycles. The van der Waals surface area contributed by atoms with E-state index in [-0.39, 0.29) is 42.7 Å². The summed E-state index contributed by atoms with van der Waals surface area (Å²) in [7, 11) is -3.44. The molecule has 1 aliphatic heterocycles. The van der Waals surface area contributed by atoms with Gasteiger partial charge in [-0.05, 0) is 24.8 Å². The van der Waals surface area contributed by atoms with Crippen molar-refractivity contribution in [3.05, 3.63) is 60.2 Å². The minimum atomic E-state index is -3.44. The summed E-state index contributed by atoms with van der Waals surface area (Å²) in [5, 5.41) is 12.5. The molecule has 0 bridgehead atoms. The summed E-state index contributed by atoms with van der Waals surface area (Å²) in [5.41, 5.74) is 0.921. The quantitative estimate of drug-likeness (QED) is 0.527. The zero-order valence-corrected chi connectivity index (χ0v) is 17.3. The van der Waals surface area contributed by atoms with Gasteiger partial charge in [0, 0.05) is 18.9 Å². The Balaban J connectivity index is 1.45. The maximum atomic E-state index is 12.3. The van der Waals surface area contributed by atoms with Gasteiger partial charge in [0.2, 0.25) is 10.0 Å². The minimum absolute atomic E-state index is 0.0743. The van der Waals surface area contributed by atoms with E-state index in [4.69, 9.17) is 4.74 Å². The molecular formula is C20H26N4O5S. The number of ether oxygens (including phenoxy) is 1. The lowest BCUT2D eigenvalue weighted by atomic mass is 9.97. The molecule has 0 saturated carbocycles. The Bertz CT molecular complexity index is 911. The van der Waals surface area contributed by atoms with E-state index in [9.17, 15) is 18.3 Å². The molecule has 0 aliphatic carbocycles. The van der Waals surface area contributed by atoms with Crippen molar-refractivity contribution < 1.29 is 23.1 Å². The molecule has 3 rings (SSSR count). The van der Waals surface area contributed by atoms with Gasteiger partial charge in [-0.2, -0.15) is 0 Å². The molecule has 9 nitrogen and oxygen atoms in total. The summed E-state index contributed by atoms with van der Waals surface area (Å²) in [4.78, 5) is 20.1. The summed E-state index contributed by atoms with van der Waals surface area (Å²) >= 11 is 0. The number of benzene rings is 1. The molecule has 0 spiro atoms. The van der Waals surface area contributed by atoms with Crippen LogP contribution in [0.2, 0.25) is 0 Å². The molecule has 2 aromatic rings. The van der Waals surface area contributed by atoms with Crippen molar-refractivity contribution in [2.45, 2.75) is 43.3 Å². The van der Waals surface area contributed by atoms with Crippen molar-refractivity contribution in [2.24, 2.45) is 0 Å². The van der Waals surface area contributed by atoms with E-state index in [1.54, 1.807) is 24.3 Å². The maximum Gasteiger partial charge on any atom is 0.271 e. The standard InChI is InChI=1S/C20H26N4O5S/c25-13-19-17(24-20(26)18-12-21-10-11-22-18)7-6-16(29-19)8-9-23-30(27,28)14-15-4-2-1-3-5-15/h1-5,10-12,16-17,19,23,25H,6-9,13-14H2,(H,24,26)/t16-,17-,19+/m1/s1. The number of hydrogen-bond acceptors (Lipinski definition) is 7. The van der Waals surface area contributed by atoms with Gasteiger partial charge in [0.1, 0.15) is 11.8 Å². The largest absolute Gasteiger partial charge is 0.394 e. The number of carbonyl (C=O) groups is 1. The fourth-order valence-electron chi connectivity index (χ4n) is 3.39. The summed E-state index contributed by atoms with van der Waals surface area (Å²) in [6, 6.07) is 8.63. The highest BCUT2D eigenvalue weighted by atomic mass is 32.2. The second-order valence-electron chi connectivity index (χ2n) is 7.15. The zero-order chi connectivity index (χ0) is 21.4. The van der Waals surface area contributed by atoms with Crippen LogP contribution in [0.4, 0.5) is 0 Å². The van der Waals surface area contributed by atoms with Crippen LogP contribution >= 0.6 is 0 Å². The number of amides is 1. The fourth-order valence-corrected chi connectivity index (χ4v) is 4.55. The van der Waals surface area contributed by atoms with Crippen LogP contribution in [0.25, 0.3) is 0 Å². The number of aliphatic hydroxyl groups excluding tert-OH is 1. The average Bonchev–Trinajstić information content (AvgIpc) is 2.75. The average molecular weight is 435 g/mol. The van der Waals surface area contributed by atoms with Crippen LogP contribution in [0.3, 0.4) is 0 Å². The summed E-state index contributed by atoms with van der Waals surface area (Å²) in [6.07, 6.45) is 5.25. The number of hydrogen-bond donors (Lipinski definition) is 3. The van der Waals surface area contributed by atoms with E-state index >= 15 is 0 Å². The van der Waals surface area contributed by atoms with E-state index < -0.39 is 16.1 Å². The van der Waals surface area contributed by atoms with Gasteiger partial charge in [0.15, 0.2) is 0 Å².